The summed E-state index contributed by atoms with van der Waals surface area (Å²) in [7, 11) is 0. The summed E-state index contributed by atoms with van der Waals surface area (Å²) in [6, 6.07) is 70.5. The van der Waals surface area contributed by atoms with Gasteiger partial charge in [0, 0.05) is 16.8 Å². The molecule has 0 aliphatic heterocycles. The van der Waals surface area contributed by atoms with Gasteiger partial charge in [0.15, 0.2) is 0 Å². The molecule has 0 saturated carbocycles. The Bertz CT molecular complexity index is 2510. The van der Waals surface area contributed by atoms with Crippen molar-refractivity contribution in [2.24, 2.45) is 0 Å². The molecule has 1 heteroatoms. The second kappa shape index (κ2) is 11.0. The van der Waals surface area contributed by atoms with Gasteiger partial charge < -0.3 is 4.90 Å². The van der Waals surface area contributed by atoms with Gasteiger partial charge in [-0.15, -0.1) is 0 Å². The van der Waals surface area contributed by atoms with E-state index < -0.39 is 0 Å². The third kappa shape index (κ3) is 4.28. The van der Waals surface area contributed by atoms with Crippen molar-refractivity contribution in [3.05, 3.63) is 188 Å². The number of benzene rings is 7. The minimum absolute atomic E-state index is 0.937. The van der Waals surface area contributed by atoms with E-state index >= 15 is 0 Å². The van der Waals surface area contributed by atoms with Crippen LogP contribution in [0.1, 0.15) is 0 Å². The smallest absolute Gasteiger partial charge is 0.0974 e. The number of rotatable bonds is 5. The van der Waals surface area contributed by atoms with Gasteiger partial charge in [-0.1, -0.05) is 146 Å². The SMILES string of the molecule is c1c(-c2ccc3c(c2)-c2c4cccc2-c2cccc-3c2-c2ccccc2-4)ccc(N(c2ccccc2)c2ccccc2-c2ccccc2)c#1. The zero-order valence-electron chi connectivity index (χ0n) is 26.7. The van der Waals surface area contributed by atoms with Gasteiger partial charge in [0.05, 0.1) is 11.4 Å². The van der Waals surface area contributed by atoms with E-state index in [0.29, 0.717) is 0 Å². The molecule has 1 nitrogen and oxygen atoms in total. The summed E-state index contributed by atoms with van der Waals surface area (Å²) in [6.45, 7) is 0. The number of fused-ring (bicyclic) bond motifs is 4. The highest BCUT2D eigenvalue weighted by atomic mass is 15.1. The van der Waals surface area contributed by atoms with Crippen LogP contribution in [0, 0.1) is 12.1 Å². The van der Waals surface area contributed by atoms with E-state index in [9.17, 15) is 0 Å². The summed E-state index contributed by atoms with van der Waals surface area (Å²) in [5.74, 6) is 0. The molecule has 10 rings (SSSR count). The molecular formula is C48H29N. The predicted molar refractivity (Wildman–Crippen MR) is 204 cm³/mol. The molecule has 2 aliphatic rings. The van der Waals surface area contributed by atoms with E-state index in [-0.39, 0.29) is 0 Å². The van der Waals surface area contributed by atoms with Gasteiger partial charge in [-0.2, -0.15) is 0 Å². The molecule has 8 aromatic rings. The molecule has 0 radical (unpaired) electrons. The summed E-state index contributed by atoms with van der Waals surface area (Å²) < 4.78 is 0. The minimum atomic E-state index is 0.937. The van der Waals surface area contributed by atoms with E-state index in [1.54, 1.807) is 0 Å². The molecular weight excluding hydrogens is 591 g/mol. The quantitative estimate of drug-likeness (QED) is 0.185. The second-order valence-electron chi connectivity index (χ2n) is 12.7. The van der Waals surface area contributed by atoms with E-state index in [4.69, 9.17) is 0 Å². The zero-order chi connectivity index (χ0) is 32.3. The Labute approximate surface area is 287 Å². The number of hydrogen-bond donors (Lipinski definition) is 0. The molecule has 0 atom stereocenters. The lowest BCUT2D eigenvalue weighted by Crippen LogP contribution is -2.10. The molecule has 0 amide bonds. The minimum Gasteiger partial charge on any atom is -0.303 e. The Morgan fingerprint density at radius 2 is 0.878 bits per heavy atom. The molecule has 0 fully saturated rings. The molecule has 0 saturated heterocycles. The number of nitrogens with zero attached hydrogens (tertiary/aromatic N) is 1. The molecule has 0 N–H and O–H groups in total. The lowest BCUT2D eigenvalue weighted by atomic mass is 9.83. The van der Waals surface area contributed by atoms with Crippen molar-refractivity contribution >= 4 is 17.1 Å². The molecule has 0 heterocycles. The second-order valence-corrected chi connectivity index (χ2v) is 12.7. The monoisotopic (exact) mass is 619 g/mol. The van der Waals surface area contributed by atoms with E-state index in [2.05, 4.69) is 193 Å². The van der Waals surface area contributed by atoms with Crippen molar-refractivity contribution in [2.75, 3.05) is 4.90 Å². The van der Waals surface area contributed by atoms with Gasteiger partial charge in [-0.3, -0.25) is 0 Å². The van der Waals surface area contributed by atoms with Crippen molar-refractivity contribution in [1.29, 1.82) is 0 Å². The molecule has 8 aromatic carbocycles. The first kappa shape index (κ1) is 27.5. The van der Waals surface area contributed by atoms with E-state index in [1.807, 2.05) is 0 Å². The maximum atomic E-state index is 3.57. The van der Waals surface area contributed by atoms with Crippen LogP contribution in [-0.4, -0.2) is 0 Å². The topological polar surface area (TPSA) is 3.24 Å². The van der Waals surface area contributed by atoms with Crippen LogP contribution in [0.25, 0.3) is 77.9 Å². The van der Waals surface area contributed by atoms with E-state index in [1.165, 1.54) is 61.2 Å². The summed E-state index contributed by atoms with van der Waals surface area (Å²) in [5, 5.41) is 0. The highest BCUT2D eigenvalue weighted by Gasteiger charge is 2.30. The fraction of sp³-hybridized carbons (Fsp3) is 0. The fourth-order valence-corrected chi connectivity index (χ4v) is 7.86. The van der Waals surface area contributed by atoms with Crippen LogP contribution in [0.5, 0.6) is 0 Å². The average molecular weight is 620 g/mol. The average Bonchev–Trinajstić information content (AvgIpc) is 3.28. The van der Waals surface area contributed by atoms with Gasteiger partial charge in [0.2, 0.25) is 0 Å². The molecule has 226 valence electrons. The van der Waals surface area contributed by atoms with Crippen LogP contribution in [0.15, 0.2) is 176 Å². The van der Waals surface area contributed by atoms with Crippen molar-refractivity contribution in [3.63, 3.8) is 0 Å². The lowest BCUT2D eigenvalue weighted by molar-refractivity contribution is 1.29. The van der Waals surface area contributed by atoms with Crippen molar-refractivity contribution in [1.82, 2.24) is 0 Å². The zero-order valence-corrected chi connectivity index (χ0v) is 26.7. The molecule has 0 unspecified atom stereocenters. The highest BCUT2D eigenvalue weighted by molar-refractivity contribution is 6.15. The fourth-order valence-electron chi connectivity index (χ4n) is 7.86. The molecule has 2 aliphatic carbocycles. The normalized spacial score (nSPS) is 11.5. The number of hydrogen-bond acceptors (Lipinski definition) is 1. The Kier molecular flexibility index (Phi) is 6.16. The van der Waals surface area contributed by atoms with Crippen molar-refractivity contribution in [3.8, 4) is 77.9 Å². The van der Waals surface area contributed by atoms with Crippen LogP contribution in [-0.2, 0) is 0 Å². The Balaban J connectivity index is 1.11. The van der Waals surface area contributed by atoms with Crippen LogP contribution in [0.2, 0.25) is 0 Å². The number of anilines is 3. The molecule has 6 bridgehead atoms. The largest absolute Gasteiger partial charge is 0.303 e. The maximum Gasteiger partial charge on any atom is 0.0974 e. The summed E-state index contributed by atoms with van der Waals surface area (Å²) in [6.07, 6.45) is 0. The van der Waals surface area contributed by atoms with Crippen molar-refractivity contribution < 1.29 is 0 Å². The molecule has 49 heavy (non-hydrogen) atoms. The number of para-hydroxylation sites is 2. The van der Waals surface area contributed by atoms with E-state index in [0.717, 1.165) is 33.8 Å². The highest BCUT2D eigenvalue weighted by Crippen LogP contribution is 2.57. The van der Waals surface area contributed by atoms with Gasteiger partial charge >= 0.3 is 0 Å². The lowest BCUT2D eigenvalue weighted by Gasteiger charge is -2.26. The Morgan fingerprint density at radius 1 is 0.327 bits per heavy atom. The van der Waals surface area contributed by atoms with Crippen LogP contribution >= 0.6 is 0 Å². The maximum absolute atomic E-state index is 3.57. The third-order valence-corrected chi connectivity index (χ3v) is 10.0. The van der Waals surface area contributed by atoms with Gasteiger partial charge in [-0.25, -0.2) is 0 Å². The first-order chi connectivity index (χ1) is 24.3. The Hall–Kier alpha value is -6.62. The van der Waals surface area contributed by atoms with Crippen LogP contribution < -0.4 is 4.90 Å². The molecule has 0 spiro atoms. The molecule has 0 aromatic heterocycles. The summed E-state index contributed by atoms with van der Waals surface area (Å²) in [4.78, 5) is 2.28. The third-order valence-electron chi connectivity index (χ3n) is 10.0. The summed E-state index contributed by atoms with van der Waals surface area (Å²) in [5.41, 5.74) is 20.5. The Morgan fingerprint density at radius 3 is 1.57 bits per heavy atom. The standard InChI is InChI=1S/C48H29N/c1-3-13-33(14-4-1)37-17-9-10-24-46(37)49(35-15-5-2-6-16-35)36-28-25-32(26-29-36)34-27-30-39-42-21-12-22-43-44-23-11-20-41(48(44)45(39)31-34)38-18-7-8-19-40(38)47(42)43/h1-25,27-28,30-31H. The summed E-state index contributed by atoms with van der Waals surface area (Å²) >= 11 is 0. The van der Waals surface area contributed by atoms with Gasteiger partial charge in [0.1, 0.15) is 0 Å². The van der Waals surface area contributed by atoms with Crippen LogP contribution in [0.3, 0.4) is 0 Å². The predicted octanol–water partition coefficient (Wildman–Crippen LogP) is 13.1. The van der Waals surface area contributed by atoms with Crippen molar-refractivity contribution in [2.45, 2.75) is 0 Å². The first-order valence-electron chi connectivity index (χ1n) is 16.8. The van der Waals surface area contributed by atoms with Gasteiger partial charge in [-0.05, 0) is 109 Å². The van der Waals surface area contributed by atoms with Gasteiger partial charge in [0.25, 0.3) is 0 Å². The van der Waals surface area contributed by atoms with Crippen LogP contribution in [0.4, 0.5) is 17.1 Å². The first-order valence-corrected chi connectivity index (χ1v) is 16.8.